The lowest BCUT2D eigenvalue weighted by Gasteiger charge is -2.13. The number of hydrogen-bond donors (Lipinski definition) is 0. The van der Waals surface area contributed by atoms with Gasteiger partial charge in [-0.15, -0.1) is 11.8 Å². The lowest BCUT2D eigenvalue weighted by molar-refractivity contribution is -0.479. The van der Waals surface area contributed by atoms with Crippen LogP contribution in [0.2, 0.25) is 0 Å². The molecule has 0 N–H and O–H groups in total. The van der Waals surface area contributed by atoms with Gasteiger partial charge in [0.1, 0.15) is 0 Å². The number of aryl methyl sites for hydroxylation is 1. The van der Waals surface area contributed by atoms with E-state index in [1.807, 2.05) is 19.1 Å². The third-order valence-corrected chi connectivity index (χ3v) is 3.39. The number of rotatable bonds is 6. The number of carbonyl (C=O) groups is 1. The molecule has 0 spiro atoms. The molecule has 1 rings (SSSR count). The van der Waals surface area contributed by atoms with Crippen molar-refractivity contribution >= 4 is 17.7 Å². The summed E-state index contributed by atoms with van der Waals surface area (Å²) in [5, 5.41) is 20.4. The van der Waals surface area contributed by atoms with Crippen molar-refractivity contribution in [1.82, 2.24) is 0 Å². The van der Waals surface area contributed by atoms with Crippen molar-refractivity contribution in [2.45, 2.75) is 12.2 Å². The molecule has 1 atom stereocenters. The van der Waals surface area contributed by atoms with Crippen LogP contribution in [-0.2, 0) is 4.79 Å². The van der Waals surface area contributed by atoms with Gasteiger partial charge in [0.2, 0.25) is 6.54 Å². The van der Waals surface area contributed by atoms with E-state index >= 15 is 0 Å². The molecule has 0 saturated heterocycles. The molecule has 6 heteroatoms. The standard InChI is InChI=1S/C11H13NO4S/c1-8-2-4-9(5-3-8)10(6-12(15)16)17-7-11(13)14/h2-5,10H,6-7H2,1H3,(H,13,14)/p-1. The number of aliphatic carboxylic acids is 1. The van der Waals surface area contributed by atoms with Crippen molar-refractivity contribution in [1.29, 1.82) is 0 Å². The molecule has 0 saturated carbocycles. The van der Waals surface area contributed by atoms with Gasteiger partial charge in [-0.25, -0.2) is 0 Å². The number of benzene rings is 1. The summed E-state index contributed by atoms with van der Waals surface area (Å²) in [5.41, 5.74) is 1.82. The zero-order chi connectivity index (χ0) is 12.8. The molecule has 0 aliphatic carbocycles. The SMILES string of the molecule is Cc1ccc(C(C[N+](=O)[O-])SCC(=O)[O-])cc1. The Bertz CT molecular complexity index is 404. The van der Waals surface area contributed by atoms with Gasteiger partial charge in [0.25, 0.3) is 0 Å². The van der Waals surface area contributed by atoms with Gasteiger partial charge in [-0.05, 0) is 12.5 Å². The Morgan fingerprint density at radius 2 is 2.00 bits per heavy atom. The van der Waals surface area contributed by atoms with E-state index in [4.69, 9.17) is 0 Å². The highest BCUT2D eigenvalue weighted by atomic mass is 32.2. The van der Waals surface area contributed by atoms with Gasteiger partial charge in [0.05, 0.1) is 11.2 Å². The Morgan fingerprint density at radius 3 is 2.47 bits per heavy atom. The average Bonchev–Trinajstić information content (AvgIpc) is 2.25. The summed E-state index contributed by atoms with van der Waals surface area (Å²) in [4.78, 5) is 20.5. The first-order chi connectivity index (χ1) is 7.99. The zero-order valence-corrected chi connectivity index (χ0v) is 10.1. The van der Waals surface area contributed by atoms with E-state index in [1.54, 1.807) is 12.1 Å². The molecular formula is C11H12NO4S-. The fourth-order valence-corrected chi connectivity index (χ4v) is 2.25. The van der Waals surface area contributed by atoms with Crippen LogP contribution in [0.4, 0.5) is 0 Å². The molecule has 1 aromatic carbocycles. The summed E-state index contributed by atoms with van der Waals surface area (Å²) in [6, 6.07) is 7.27. The Balaban J connectivity index is 2.77. The van der Waals surface area contributed by atoms with E-state index in [-0.39, 0.29) is 12.3 Å². The minimum atomic E-state index is -1.21. The largest absolute Gasteiger partial charge is 0.549 e. The summed E-state index contributed by atoms with van der Waals surface area (Å²) in [6.45, 7) is 1.63. The van der Waals surface area contributed by atoms with E-state index in [2.05, 4.69) is 0 Å². The monoisotopic (exact) mass is 254 g/mol. The molecule has 1 aromatic rings. The summed E-state index contributed by atoms with van der Waals surface area (Å²) >= 11 is 1.01. The van der Waals surface area contributed by atoms with E-state index in [0.717, 1.165) is 22.9 Å². The van der Waals surface area contributed by atoms with Gasteiger partial charge in [-0.3, -0.25) is 10.1 Å². The summed E-state index contributed by atoms with van der Waals surface area (Å²) in [5.74, 6) is -1.46. The highest BCUT2D eigenvalue weighted by Gasteiger charge is 2.18. The van der Waals surface area contributed by atoms with Crippen LogP contribution < -0.4 is 5.11 Å². The minimum Gasteiger partial charge on any atom is -0.549 e. The van der Waals surface area contributed by atoms with Gasteiger partial charge >= 0.3 is 0 Å². The minimum absolute atomic E-state index is 0.244. The maximum Gasteiger partial charge on any atom is 0.219 e. The molecular weight excluding hydrogens is 242 g/mol. The van der Waals surface area contributed by atoms with Gasteiger partial charge in [0.15, 0.2) is 0 Å². The van der Waals surface area contributed by atoms with Crippen LogP contribution in [0, 0.1) is 17.0 Å². The number of nitrogens with zero attached hydrogens (tertiary/aromatic N) is 1. The molecule has 0 amide bonds. The molecule has 0 aliphatic rings. The Morgan fingerprint density at radius 1 is 1.41 bits per heavy atom. The number of carboxylic acids is 1. The van der Waals surface area contributed by atoms with Gasteiger partial charge < -0.3 is 9.90 Å². The molecule has 0 aromatic heterocycles. The first-order valence-corrected chi connectivity index (χ1v) is 6.03. The third-order valence-electron chi connectivity index (χ3n) is 2.17. The molecule has 0 heterocycles. The smallest absolute Gasteiger partial charge is 0.219 e. The van der Waals surface area contributed by atoms with Crippen LogP contribution in [0.25, 0.3) is 0 Å². The third kappa shape index (κ3) is 4.86. The maximum atomic E-state index is 10.5. The number of nitro groups is 1. The molecule has 17 heavy (non-hydrogen) atoms. The number of hydrogen-bond acceptors (Lipinski definition) is 5. The first kappa shape index (κ1) is 13.5. The zero-order valence-electron chi connectivity index (χ0n) is 9.29. The predicted octanol–water partition coefficient (Wildman–Crippen LogP) is 0.796. The predicted molar refractivity (Wildman–Crippen MR) is 63.2 cm³/mol. The molecule has 5 nitrogen and oxygen atoms in total. The molecule has 0 fully saturated rings. The number of carbonyl (C=O) groups excluding carboxylic acids is 1. The fourth-order valence-electron chi connectivity index (χ4n) is 1.34. The molecule has 0 bridgehead atoms. The number of thioether (sulfide) groups is 1. The van der Waals surface area contributed by atoms with Crippen LogP contribution >= 0.6 is 11.8 Å². The Kier molecular flexibility index (Phi) is 4.96. The molecule has 0 radical (unpaired) electrons. The van der Waals surface area contributed by atoms with Crippen LogP contribution in [0.5, 0.6) is 0 Å². The van der Waals surface area contributed by atoms with E-state index in [1.165, 1.54) is 0 Å². The normalized spacial score (nSPS) is 12.1. The van der Waals surface area contributed by atoms with Gasteiger partial charge in [-0.1, -0.05) is 29.8 Å². The van der Waals surface area contributed by atoms with Crippen molar-refractivity contribution in [3.05, 3.63) is 45.5 Å². The van der Waals surface area contributed by atoms with Crippen molar-refractivity contribution in [2.75, 3.05) is 12.3 Å². The fraction of sp³-hybridized carbons (Fsp3) is 0.364. The Labute approximate surface area is 103 Å². The van der Waals surface area contributed by atoms with Crippen LogP contribution in [0.15, 0.2) is 24.3 Å². The molecule has 0 aliphatic heterocycles. The van der Waals surface area contributed by atoms with E-state index in [9.17, 15) is 20.0 Å². The quantitative estimate of drug-likeness (QED) is 0.553. The summed E-state index contributed by atoms with van der Waals surface area (Å²) in [7, 11) is 0. The van der Waals surface area contributed by atoms with Crippen LogP contribution in [0.3, 0.4) is 0 Å². The second-order valence-electron chi connectivity index (χ2n) is 3.60. The van der Waals surface area contributed by atoms with Crippen molar-refractivity contribution in [2.24, 2.45) is 0 Å². The average molecular weight is 254 g/mol. The molecule has 92 valence electrons. The summed E-state index contributed by atoms with van der Waals surface area (Å²) in [6.07, 6.45) is 0. The lowest BCUT2D eigenvalue weighted by atomic mass is 10.1. The van der Waals surface area contributed by atoms with Gasteiger partial charge in [0, 0.05) is 10.7 Å². The van der Waals surface area contributed by atoms with Gasteiger partial charge in [-0.2, -0.15) is 0 Å². The number of carboxylic acid groups (broad SMARTS) is 1. The lowest BCUT2D eigenvalue weighted by Crippen LogP contribution is -2.25. The van der Waals surface area contributed by atoms with Crippen molar-refractivity contribution in [3.8, 4) is 0 Å². The highest BCUT2D eigenvalue weighted by Crippen LogP contribution is 2.28. The second kappa shape index (κ2) is 6.24. The topological polar surface area (TPSA) is 83.3 Å². The summed E-state index contributed by atoms with van der Waals surface area (Å²) < 4.78 is 0. The van der Waals surface area contributed by atoms with Crippen molar-refractivity contribution in [3.63, 3.8) is 0 Å². The first-order valence-electron chi connectivity index (χ1n) is 4.99. The Hall–Kier alpha value is -1.56. The van der Waals surface area contributed by atoms with E-state index in [0.29, 0.717) is 0 Å². The molecule has 1 unspecified atom stereocenters. The second-order valence-corrected chi connectivity index (χ2v) is 4.79. The van der Waals surface area contributed by atoms with Crippen molar-refractivity contribution < 1.29 is 14.8 Å². The van der Waals surface area contributed by atoms with Crippen LogP contribution in [-0.4, -0.2) is 23.2 Å². The van der Waals surface area contributed by atoms with Crippen LogP contribution in [0.1, 0.15) is 16.4 Å². The van der Waals surface area contributed by atoms with E-state index < -0.39 is 16.1 Å². The maximum absolute atomic E-state index is 10.5. The highest BCUT2D eigenvalue weighted by molar-refractivity contribution is 8.00.